The molecule has 3 saturated carbocycles. The van der Waals surface area contributed by atoms with Gasteiger partial charge in [-0.25, -0.2) is 5.48 Å². The fourth-order valence-corrected chi connectivity index (χ4v) is 6.04. The molecule has 5 rings (SSSR count). The lowest BCUT2D eigenvalue weighted by Gasteiger charge is -2.45. The van der Waals surface area contributed by atoms with Crippen LogP contribution in [0.2, 0.25) is 0 Å². The number of fused-ring (bicyclic) bond motifs is 1. The van der Waals surface area contributed by atoms with E-state index in [0.29, 0.717) is 34.5 Å². The second-order valence-electron chi connectivity index (χ2n) is 11.2. The van der Waals surface area contributed by atoms with Crippen LogP contribution in [0.1, 0.15) is 57.0 Å². The SMILES string of the molecule is C[C@@H]1C(NCC(=O)Nc2ccc(C#Cc3ccc(C(=O)N[C@H](C(=O)NO)[C@@H](C)O)cc3)cc2)C2C[C@@H]1C2(C)C.[HH]. The second-order valence-corrected chi connectivity index (χ2v) is 11.2. The van der Waals surface area contributed by atoms with E-state index >= 15 is 0 Å². The maximum Gasteiger partial charge on any atom is 0.268 e. The number of aliphatic hydroxyl groups is 1. The van der Waals surface area contributed by atoms with Crippen molar-refractivity contribution < 1.29 is 26.1 Å². The van der Waals surface area contributed by atoms with E-state index in [-0.39, 0.29) is 19.4 Å². The van der Waals surface area contributed by atoms with Gasteiger partial charge in [0.05, 0.1) is 12.6 Å². The summed E-state index contributed by atoms with van der Waals surface area (Å²) in [5.41, 5.74) is 4.21. The number of hydrogen-bond acceptors (Lipinski definition) is 6. The maximum absolute atomic E-state index is 12.5. The zero-order chi connectivity index (χ0) is 28.3. The Balaban J connectivity index is 0.00000441. The molecule has 0 radical (unpaired) electrons. The molecule has 2 aromatic carbocycles. The highest BCUT2D eigenvalue weighted by atomic mass is 16.5. The Labute approximate surface area is 230 Å². The van der Waals surface area contributed by atoms with Crippen LogP contribution in [0, 0.1) is 35.0 Å². The summed E-state index contributed by atoms with van der Waals surface area (Å²) in [7, 11) is 0. The highest BCUT2D eigenvalue weighted by molar-refractivity contribution is 5.97. The molecule has 3 amide bonds. The first-order chi connectivity index (χ1) is 18.5. The van der Waals surface area contributed by atoms with Gasteiger partial charge in [-0.3, -0.25) is 19.6 Å². The van der Waals surface area contributed by atoms with Gasteiger partial charge in [-0.2, -0.15) is 0 Å². The van der Waals surface area contributed by atoms with Crippen molar-refractivity contribution in [3.05, 3.63) is 65.2 Å². The van der Waals surface area contributed by atoms with Gasteiger partial charge in [0.25, 0.3) is 11.8 Å². The van der Waals surface area contributed by atoms with Crippen molar-refractivity contribution in [2.45, 2.75) is 52.3 Å². The van der Waals surface area contributed by atoms with Crippen molar-refractivity contribution in [3.63, 3.8) is 0 Å². The van der Waals surface area contributed by atoms with Gasteiger partial charge in [-0.15, -0.1) is 0 Å². The highest BCUT2D eigenvalue weighted by Gasteiger charge is 2.61. The molecule has 0 saturated heterocycles. The van der Waals surface area contributed by atoms with Crippen LogP contribution in [0.4, 0.5) is 5.69 Å². The van der Waals surface area contributed by atoms with Gasteiger partial charge < -0.3 is 21.1 Å². The summed E-state index contributed by atoms with van der Waals surface area (Å²) in [6.07, 6.45) is 0.0622. The number of carbonyl (C=O) groups excluding carboxylic acids is 3. The van der Waals surface area contributed by atoms with E-state index < -0.39 is 24.0 Å². The first-order valence-electron chi connectivity index (χ1n) is 13.2. The van der Waals surface area contributed by atoms with Gasteiger partial charge in [0.1, 0.15) is 6.04 Å². The molecule has 3 aliphatic rings. The number of benzene rings is 2. The summed E-state index contributed by atoms with van der Waals surface area (Å²) in [5, 5.41) is 27.2. The average molecular weight is 535 g/mol. The summed E-state index contributed by atoms with van der Waals surface area (Å²) in [6, 6.07) is 12.8. The first-order valence-corrected chi connectivity index (χ1v) is 13.2. The topological polar surface area (TPSA) is 140 Å². The molecule has 2 unspecified atom stereocenters. The van der Waals surface area contributed by atoms with Crippen LogP contribution >= 0.6 is 0 Å². The minimum atomic E-state index is -1.29. The molecular weight excluding hydrogens is 496 g/mol. The lowest BCUT2D eigenvalue weighted by atomic mass is 9.60. The molecule has 2 bridgehead atoms. The van der Waals surface area contributed by atoms with Crippen LogP contribution in [-0.2, 0) is 9.59 Å². The second kappa shape index (κ2) is 11.6. The highest BCUT2D eigenvalue weighted by Crippen LogP contribution is 2.64. The monoisotopic (exact) mass is 534 g/mol. The Bertz CT molecular complexity index is 1280. The zero-order valence-corrected chi connectivity index (χ0v) is 22.6. The van der Waals surface area contributed by atoms with Gasteiger partial charge in [0.2, 0.25) is 5.91 Å². The van der Waals surface area contributed by atoms with Crippen molar-refractivity contribution in [2.75, 3.05) is 11.9 Å². The predicted molar refractivity (Wildman–Crippen MR) is 149 cm³/mol. The van der Waals surface area contributed by atoms with Crippen LogP contribution in [0.3, 0.4) is 0 Å². The van der Waals surface area contributed by atoms with E-state index in [2.05, 4.69) is 48.6 Å². The third-order valence-corrected chi connectivity index (χ3v) is 8.38. The molecular formula is C30H38N4O5. The molecule has 2 aromatic rings. The van der Waals surface area contributed by atoms with Crippen LogP contribution in [-0.4, -0.2) is 52.8 Å². The Kier molecular flexibility index (Phi) is 8.40. The minimum absolute atomic E-state index is 0. The van der Waals surface area contributed by atoms with Crippen LogP contribution < -0.4 is 21.4 Å². The standard InChI is InChI=1S/C30H36N4O5.H2/c1-17-23-15-24(30(23,3)4)26(17)31-16-25(36)32-22-13-9-20(10-14-22)6-5-19-7-11-21(12-8-19)28(37)33-27(18(2)35)29(38)34-39;/h7-14,17-18,23-24,26-27,31,35,39H,15-16H2,1-4H3,(H,32,36)(H,33,37)(H,34,38);1H/t17-,18+,23-,24?,26?,27-;/m0./s1. The third-order valence-electron chi connectivity index (χ3n) is 8.38. The van der Waals surface area contributed by atoms with Crippen molar-refractivity contribution >= 4 is 23.4 Å². The van der Waals surface area contributed by atoms with Crippen molar-refractivity contribution in [3.8, 4) is 11.8 Å². The molecule has 6 N–H and O–H groups in total. The van der Waals surface area contributed by atoms with Gasteiger partial charge in [-0.1, -0.05) is 32.6 Å². The van der Waals surface area contributed by atoms with E-state index in [9.17, 15) is 19.5 Å². The molecule has 39 heavy (non-hydrogen) atoms. The van der Waals surface area contributed by atoms with Gasteiger partial charge in [0.15, 0.2) is 0 Å². The molecule has 9 heteroatoms. The minimum Gasteiger partial charge on any atom is -0.391 e. The number of anilines is 1. The van der Waals surface area contributed by atoms with Gasteiger partial charge >= 0.3 is 0 Å². The third kappa shape index (κ3) is 6.14. The number of rotatable bonds is 8. The summed E-state index contributed by atoms with van der Waals surface area (Å²) >= 11 is 0. The zero-order valence-electron chi connectivity index (χ0n) is 22.6. The first kappa shape index (κ1) is 28.3. The largest absolute Gasteiger partial charge is 0.391 e. The Hall–Kier alpha value is -3.71. The van der Waals surface area contributed by atoms with E-state index in [0.717, 1.165) is 11.5 Å². The van der Waals surface area contributed by atoms with E-state index in [1.807, 2.05) is 24.3 Å². The van der Waals surface area contributed by atoms with E-state index in [1.54, 1.807) is 24.3 Å². The molecule has 0 aromatic heterocycles. The Morgan fingerprint density at radius 2 is 1.62 bits per heavy atom. The van der Waals surface area contributed by atoms with E-state index in [1.165, 1.54) is 18.8 Å². The molecule has 9 nitrogen and oxygen atoms in total. The van der Waals surface area contributed by atoms with Crippen LogP contribution in [0.15, 0.2) is 48.5 Å². The smallest absolute Gasteiger partial charge is 0.268 e. The fourth-order valence-electron chi connectivity index (χ4n) is 6.04. The number of amides is 3. The summed E-state index contributed by atoms with van der Waals surface area (Å²) in [4.78, 5) is 36.5. The molecule has 0 heterocycles. The average Bonchev–Trinajstić information content (AvgIpc) is 3.36. The van der Waals surface area contributed by atoms with Crippen molar-refractivity contribution in [2.24, 2.45) is 23.2 Å². The van der Waals surface area contributed by atoms with Gasteiger partial charge in [0, 0.05) is 29.8 Å². The molecule has 0 spiro atoms. The van der Waals surface area contributed by atoms with Crippen molar-refractivity contribution in [1.82, 2.24) is 16.1 Å². The Morgan fingerprint density at radius 1 is 1.03 bits per heavy atom. The lowest BCUT2D eigenvalue weighted by molar-refractivity contribution is -0.133. The molecule has 3 aliphatic carbocycles. The predicted octanol–water partition coefficient (Wildman–Crippen LogP) is 2.53. The summed E-state index contributed by atoms with van der Waals surface area (Å²) in [6.45, 7) is 8.58. The van der Waals surface area contributed by atoms with Crippen LogP contribution in [0.5, 0.6) is 0 Å². The van der Waals surface area contributed by atoms with E-state index in [4.69, 9.17) is 5.21 Å². The molecule has 6 atom stereocenters. The number of carbonyl (C=O) groups is 3. The number of hydroxylamine groups is 1. The normalized spacial score (nSPS) is 23.8. The number of hydrogen-bond donors (Lipinski definition) is 6. The molecule has 208 valence electrons. The quantitative estimate of drug-likeness (QED) is 0.175. The maximum atomic E-state index is 12.5. The van der Waals surface area contributed by atoms with Crippen LogP contribution in [0.25, 0.3) is 0 Å². The number of aliphatic hydroxyl groups excluding tert-OH is 1. The van der Waals surface area contributed by atoms with Gasteiger partial charge in [-0.05, 0) is 85.0 Å². The molecule has 3 fully saturated rings. The Morgan fingerprint density at radius 3 is 2.10 bits per heavy atom. The molecule has 0 aliphatic heterocycles. The fraction of sp³-hybridized carbons (Fsp3) is 0.433. The summed E-state index contributed by atoms with van der Waals surface area (Å²) in [5.74, 6) is 6.50. The number of nitrogens with one attached hydrogen (secondary N) is 4. The van der Waals surface area contributed by atoms with Crippen molar-refractivity contribution in [1.29, 1.82) is 0 Å². The lowest BCUT2D eigenvalue weighted by Crippen LogP contribution is -2.51. The summed E-state index contributed by atoms with van der Waals surface area (Å²) < 4.78 is 0.